The number of esters is 1. The summed E-state index contributed by atoms with van der Waals surface area (Å²) < 4.78 is 126. The number of benzene rings is 3. The molecule has 15 heteroatoms. The highest BCUT2D eigenvalue weighted by Gasteiger charge is 2.41. The summed E-state index contributed by atoms with van der Waals surface area (Å²) in [5, 5.41) is 0. The van der Waals surface area contributed by atoms with Gasteiger partial charge in [0.2, 0.25) is 0 Å². The molecule has 1 fully saturated rings. The molecule has 0 spiro atoms. The largest absolute Gasteiger partial charge is 0.495 e. The van der Waals surface area contributed by atoms with E-state index in [9.17, 15) is 39.6 Å². The molecule has 2 aliphatic rings. The van der Waals surface area contributed by atoms with E-state index in [1.807, 2.05) is 0 Å². The Hall–Kier alpha value is -4.14. The van der Waals surface area contributed by atoms with Crippen LogP contribution >= 0.6 is 0 Å². The summed E-state index contributed by atoms with van der Waals surface area (Å²) in [5.74, 6) is -0.684. The first kappa shape index (κ1) is 32.3. The standard InChI is InChI=1S/C30H28F6N2O6S/c1-42-26-8-4-7-23(30(34,35)36)28(26)37-15-19(16-37)18-9-11-25-24(13-18)38(17-21(44-25)10-12-27(39)43-2)45(40,41)22-6-3-5-20(14-22)29(31,32)33/h3-9,11,13-14,19,21H,10,12,15-17H2,1-2H3/t21-/m0/s1. The molecule has 0 aliphatic carbocycles. The summed E-state index contributed by atoms with van der Waals surface area (Å²) >= 11 is 0. The average molecular weight is 659 g/mol. The molecule has 0 N–H and O–H groups in total. The minimum absolute atomic E-state index is 0.0541. The quantitative estimate of drug-likeness (QED) is 0.209. The minimum atomic E-state index is -4.78. The number of nitrogens with zero attached hydrogens (tertiary/aromatic N) is 2. The van der Waals surface area contributed by atoms with Gasteiger partial charge in [-0.05, 0) is 54.4 Å². The molecule has 0 unspecified atom stereocenters. The van der Waals surface area contributed by atoms with E-state index in [-0.39, 0.29) is 61.3 Å². The monoisotopic (exact) mass is 658 g/mol. The first-order chi connectivity index (χ1) is 21.1. The van der Waals surface area contributed by atoms with Crippen molar-refractivity contribution in [2.75, 3.05) is 43.1 Å². The van der Waals surface area contributed by atoms with Crippen LogP contribution in [-0.4, -0.2) is 54.3 Å². The van der Waals surface area contributed by atoms with Gasteiger partial charge in [-0.2, -0.15) is 26.3 Å². The van der Waals surface area contributed by atoms with Gasteiger partial charge in [-0.1, -0.05) is 18.2 Å². The molecule has 0 aromatic heterocycles. The third kappa shape index (κ3) is 6.49. The zero-order valence-electron chi connectivity index (χ0n) is 24.0. The fourth-order valence-electron chi connectivity index (χ4n) is 5.42. The van der Waals surface area contributed by atoms with Crippen molar-refractivity contribution in [3.8, 4) is 11.5 Å². The van der Waals surface area contributed by atoms with E-state index in [0.717, 1.165) is 28.6 Å². The number of carbonyl (C=O) groups excluding carboxylic acids is 1. The number of anilines is 2. The number of hydrogen-bond acceptors (Lipinski definition) is 7. The smallest absolute Gasteiger partial charge is 0.418 e. The molecule has 45 heavy (non-hydrogen) atoms. The molecule has 0 bridgehead atoms. The minimum Gasteiger partial charge on any atom is -0.495 e. The summed E-state index contributed by atoms with van der Waals surface area (Å²) in [4.78, 5) is 12.7. The molecule has 0 saturated carbocycles. The number of methoxy groups -OCH3 is 2. The molecular weight excluding hydrogens is 630 g/mol. The molecule has 3 aromatic rings. The molecule has 3 aromatic carbocycles. The van der Waals surface area contributed by atoms with Gasteiger partial charge in [0, 0.05) is 25.4 Å². The van der Waals surface area contributed by atoms with Gasteiger partial charge in [-0.15, -0.1) is 0 Å². The fraction of sp³-hybridized carbons (Fsp3) is 0.367. The molecule has 0 radical (unpaired) electrons. The normalized spacial score (nSPS) is 17.3. The molecule has 8 nitrogen and oxygen atoms in total. The lowest BCUT2D eigenvalue weighted by Crippen LogP contribution is -2.46. The van der Waals surface area contributed by atoms with Crippen molar-refractivity contribution in [1.82, 2.24) is 0 Å². The van der Waals surface area contributed by atoms with Crippen molar-refractivity contribution < 1.29 is 53.8 Å². The molecule has 1 atom stereocenters. The van der Waals surface area contributed by atoms with Crippen LogP contribution in [0.15, 0.2) is 65.6 Å². The van der Waals surface area contributed by atoms with E-state index in [4.69, 9.17) is 9.47 Å². The SMILES string of the molecule is COC(=O)CC[C@H]1CN(S(=O)(=O)c2cccc(C(F)(F)F)c2)c2cc(C3CN(c4c(OC)cccc4C(F)(F)F)C3)ccc2O1. The first-order valence-electron chi connectivity index (χ1n) is 13.7. The summed E-state index contributed by atoms with van der Waals surface area (Å²) in [7, 11) is -2.09. The van der Waals surface area contributed by atoms with Crippen molar-refractivity contribution in [2.45, 2.75) is 42.1 Å². The van der Waals surface area contributed by atoms with Crippen molar-refractivity contribution >= 4 is 27.4 Å². The summed E-state index contributed by atoms with van der Waals surface area (Å²) in [5.41, 5.74) is -1.44. The maximum atomic E-state index is 13.9. The fourth-order valence-corrected chi connectivity index (χ4v) is 6.96. The molecule has 242 valence electrons. The molecule has 2 heterocycles. The Kier molecular flexibility index (Phi) is 8.59. The van der Waals surface area contributed by atoms with E-state index in [1.165, 1.54) is 43.4 Å². The van der Waals surface area contributed by atoms with Crippen molar-refractivity contribution in [3.63, 3.8) is 0 Å². The molecule has 1 saturated heterocycles. The van der Waals surface area contributed by atoms with Crippen LogP contribution in [0.2, 0.25) is 0 Å². The Morgan fingerprint density at radius 2 is 1.64 bits per heavy atom. The number of para-hydroxylation sites is 1. The van der Waals surface area contributed by atoms with E-state index in [2.05, 4.69) is 4.74 Å². The topological polar surface area (TPSA) is 85.4 Å². The van der Waals surface area contributed by atoms with E-state index in [0.29, 0.717) is 11.6 Å². The van der Waals surface area contributed by atoms with Crippen LogP contribution in [0.3, 0.4) is 0 Å². The van der Waals surface area contributed by atoms with Crippen LogP contribution in [0.1, 0.15) is 35.4 Å². The highest BCUT2D eigenvalue weighted by molar-refractivity contribution is 7.92. The second kappa shape index (κ2) is 12.0. The Labute approximate surface area is 255 Å². The predicted octanol–water partition coefficient (Wildman–Crippen LogP) is 6.25. The second-order valence-electron chi connectivity index (χ2n) is 10.6. The van der Waals surface area contributed by atoms with Gasteiger partial charge in [0.15, 0.2) is 0 Å². The third-order valence-electron chi connectivity index (χ3n) is 7.76. The highest BCUT2D eigenvalue weighted by atomic mass is 32.2. The summed E-state index contributed by atoms with van der Waals surface area (Å²) in [6, 6.07) is 11.7. The lowest BCUT2D eigenvalue weighted by molar-refractivity contribution is -0.141. The number of halogens is 6. The zero-order valence-corrected chi connectivity index (χ0v) is 24.8. The number of alkyl halides is 6. The highest BCUT2D eigenvalue weighted by Crippen LogP contribution is 2.47. The maximum Gasteiger partial charge on any atom is 0.418 e. The van der Waals surface area contributed by atoms with Gasteiger partial charge in [-0.3, -0.25) is 9.10 Å². The Bertz CT molecular complexity index is 1690. The van der Waals surface area contributed by atoms with E-state index < -0.39 is 50.5 Å². The lowest BCUT2D eigenvalue weighted by Gasteiger charge is -2.43. The number of hydrogen-bond donors (Lipinski definition) is 0. The number of carbonyl (C=O) groups is 1. The number of sulfonamides is 1. The van der Waals surface area contributed by atoms with E-state index in [1.54, 1.807) is 6.07 Å². The van der Waals surface area contributed by atoms with Crippen LogP contribution in [0, 0.1) is 0 Å². The van der Waals surface area contributed by atoms with Gasteiger partial charge >= 0.3 is 18.3 Å². The molecule has 0 amide bonds. The van der Waals surface area contributed by atoms with Gasteiger partial charge < -0.3 is 19.1 Å². The van der Waals surface area contributed by atoms with E-state index >= 15 is 0 Å². The van der Waals surface area contributed by atoms with Crippen LogP contribution in [0.25, 0.3) is 0 Å². The third-order valence-corrected chi connectivity index (χ3v) is 9.53. The van der Waals surface area contributed by atoms with Crippen molar-refractivity contribution in [3.05, 3.63) is 77.4 Å². The Morgan fingerprint density at radius 3 is 2.29 bits per heavy atom. The summed E-state index contributed by atoms with van der Waals surface area (Å²) in [6.07, 6.45) is -10.3. The molecular formula is C30H28F6N2O6S. The first-order valence-corrected chi connectivity index (χ1v) is 15.1. The average Bonchev–Trinajstić information content (AvgIpc) is 2.97. The van der Waals surface area contributed by atoms with Crippen LogP contribution in [0.5, 0.6) is 11.5 Å². The van der Waals surface area contributed by atoms with Crippen molar-refractivity contribution in [2.24, 2.45) is 0 Å². The van der Waals surface area contributed by atoms with Gasteiger partial charge in [0.25, 0.3) is 10.0 Å². The number of rotatable bonds is 8. The molecule has 2 aliphatic heterocycles. The number of ether oxygens (including phenoxy) is 3. The zero-order chi connectivity index (χ0) is 32.7. The summed E-state index contributed by atoms with van der Waals surface area (Å²) in [6.45, 7) is 0.00936. The second-order valence-corrected chi connectivity index (χ2v) is 12.5. The Morgan fingerprint density at radius 1 is 0.933 bits per heavy atom. The maximum absolute atomic E-state index is 13.9. The van der Waals surface area contributed by atoms with Gasteiger partial charge in [-0.25, -0.2) is 8.42 Å². The van der Waals surface area contributed by atoms with Gasteiger partial charge in [0.05, 0.1) is 48.2 Å². The Balaban J connectivity index is 1.48. The van der Waals surface area contributed by atoms with Crippen molar-refractivity contribution in [1.29, 1.82) is 0 Å². The van der Waals surface area contributed by atoms with Crippen LogP contribution in [0.4, 0.5) is 37.7 Å². The number of fused-ring (bicyclic) bond motifs is 1. The predicted molar refractivity (Wildman–Crippen MR) is 151 cm³/mol. The van der Waals surface area contributed by atoms with Crippen LogP contribution in [-0.2, 0) is 31.9 Å². The molecule has 5 rings (SSSR count). The lowest BCUT2D eigenvalue weighted by atomic mass is 9.89. The van der Waals surface area contributed by atoms with Gasteiger partial charge in [0.1, 0.15) is 17.6 Å². The van der Waals surface area contributed by atoms with Crippen LogP contribution < -0.4 is 18.7 Å².